The molecule has 3 heteroatoms. The van der Waals surface area contributed by atoms with Gasteiger partial charge in [-0.15, -0.1) is 0 Å². The monoisotopic (exact) mass is 281 g/mol. The smallest absolute Gasteiger partial charge is 0.0680 e. The molecule has 4 rings (SSSR count). The van der Waals surface area contributed by atoms with E-state index in [2.05, 4.69) is 48.2 Å². The first-order chi connectivity index (χ1) is 10.2. The molecule has 1 aromatic heterocycles. The topological polar surface area (TPSA) is 29.9 Å². The van der Waals surface area contributed by atoms with E-state index in [0.29, 0.717) is 5.92 Å². The fraction of sp³-hybridized carbons (Fsp3) is 0.500. The molecule has 0 aliphatic heterocycles. The first-order valence-electron chi connectivity index (χ1n) is 8.10. The molecule has 1 aromatic carbocycles. The summed E-state index contributed by atoms with van der Waals surface area (Å²) in [5, 5.41) is 8.36. The third-order valence-corrected chi connectivity index (χ3v) is 4.60. The van der Waals surface area contributed by atoms with Gasteiger partial charge in [-0.3, -0.25) is 0 Å². The lowest BCUT2D eigenvalue weighted by Crippen LogP contribution is -2.16. The molecule has 0 unspecified atom stereocenters. The number of benzene rings is 1. The third-order valence-electron chi connectivity index (χ3n) is 4.60. The van der Waals surface area contributed by atoms with Crippen molar-refractivity contribution in [3.8, 4) is 5.69 Å². The summed E-state index contributed by atoms with van der Waals surface area (Å²) >= 11 is 0. The third kappa shape index (κ3) is 2.62. The molecule has 21 heavy (non-hydrogen) atoms. The van der Waals surface area contributed by atoms with Crippen LogP contribution in [0.3, 0.4) is 0 Å². The first-order valence-corrected chi connectivity index (χ1v) is 8.10. The van der Waals surface area contributed by atoms with Crippen LogP contribution in [0.15, 0.2) is 24.4 Å². The molecule has 0 radical (unpaired) electrons. The number of aryl methyl sites for hydroxylation is 2. The molecular weight excluding hydrogens is 258 g/mol. The van der Waals surface area contributed by atoms with Crippen molar-refractivity contribution >= 4 is 0 Å². The first kappa shape index (κ1) is 13.1. The van der Waals surface area contributed by atoms with Crippen LogP contribution in [-0.2, 0) is 6.54 Å². The lowest BCUT2D eigenvalue weighted by atomic mass is 10.1. The van der Waals surface area contributed by atoms with E-state index in [9.17, 15) is 0 Å². The molecule has 0 atom stereocenters. The van der Waals surface area contributed by atoms with Gasteiger partial charge >= 0.3 is 0 Å². The van der Waals surface area contributed by atoms with Crippen LogP contribution in [-0.4, -0.2) is 15.8 Å². The van der Waals surface area contributed by atoms with Crippen molar-refractivity contribution in [3.05, 3.63) is 46.8 Å². The van der Waals surface area contributed by atoms with Gasteiger partial charge < -0.3 is 5.32 Å². The fourth-order valence-corrected chi connectivity index (χ4v) is 3.00. The molecule has 2 aliphatic rings. The van der Waals surface area contributed by atoms with Crippen LogP contribution < -0.4 is 5.32 Å². The maximum absolute atomic E-state index is 4.72. The lowest BCUT2D eigenvalue weighted by molar-refractivity contribution is 0.679. The Balaban J connectivity index is 1.72. The minimum Gasteiger partial charge on any atom is -0.310 e. The maximum Gasteiger partial charge on any atom is 0.0680 e. The van der Waals surface area contributed by atoms with E-state index in [0.717, 1.165) is 12.6 Å². The fourth-order valence-electron chi connectivity index (χ4n) is 3.00. The highest BCUT2D eigenvalue weighted by Gasteiger charge is 2.31. The van der Waals surface area contributed by atoms with E-state index >= 15 is 0 Å². The summed E-state index contributed by atoms with van der Waals surface area (Å²) in [6.07, 6.45) is 7.37. The highest BCUT2D eigenvalue weighted by atomic mass is 15.3. The van der Waals surface area contributed by atoms with Crippen molar-refractivity contribution in [2.75, 3.05) is 0 Å². The number of hydrogen-bond donors (Lipinski definition) is 1. The van der Waals surface area contributed by atoms with Crippen LogP contribution in [0.2, 0.25) is 0 Å². The predicted octanol–water partition coefficient (Wildman–Crippen LogP) is 3.62. The molecule has 1 heterocycles. The molecule has 3 nitrogen and oxygen atoms in total. The Morgan fingerprint density at radius 3 is 2.71 bits per heavy atom. The van der Waals surface area contributed by atoms with Gasteiger partial charge in [0.15, 0.2) is 0 Å². The van der Waals surface area contributed by atoms with Crippen molar-refractivity contribution < 1.29 is 0 Å². The van der Waals surface area contributed by atoms with E-state index in [-0.39, 0.29) is 0 Å². The van der Waals surface area contributed by atoms with Crippen LogP contribution in [0.25, 0.3) is 5.69 Å². The largest absolute Gasteiger partial charge is 0.310 e. The Morgan fingerprint density at radius 1 is 1.19 bits per heavy atom. The predicted molar refractivity (Wildman–Crippen MR) is 84.9 cm³/mol. The minimum atomic E-state index is 0.711. The standard InChI is InChI=1S/C18H23N3/c1-12-3-4-13(2)17(9-12)21-18(14-5-6-14)15(11-20-21)10-19-16-7-8-16/h3-4,9,11,14,16,19H,5-8,10H2,1-2H3. The van der Waals surface area contributed by atoms with Gasteiger partial charge in [0.25, 0.3) is 0 Å². The summed E-state index contributed by atoms with van der Waals surface area (Å²) in [6.45, 7) is 5.30. The summed E-state index contributed by atoms with van der Waals surface area (Å²) in [4.78, 5) is 0. The van der Waals surface area contributed by atoms with Gasteiger partial charge in [0.1, 0.15) is 0 Å². The average Bonchev–Trinajstić information content (AvgIpc) is 3.39. The Hall–Kier alpha value is -1.61. The van der Waals surface area contributed by atoms with Crippen molar-refractivity contribution in [1.82, 2.24) is 15.1 Å². The van der Waals surface area contributed by atoms with Gasteiger partial charge in [-0.05, 0) is 56.7 Å². The Labute approximate surface area is 126 Å². The maximum atomic E-state index is 4.72. The van der Waals surface area contributed by atoms with Gasteiger partial charge in [0, 0.05) is 24.1 Å². The van der Waals surface area contributed by atoms with E-state index in [4.69, 9.17) is 5.10 Å². The second-order valence-corrected chi connectivity index (χ2v) is 6.69. The molecule has 0 saturated heterocycles. The molecule has 0 amide bonds. The second kappa shape index (κ2) is 4.99. The Morgan fingerprint density at radius 2 is 2.00 bits per heavy atom. The number of nitrogens with zero attached hydrogens (tertiary/aromatic N) is 2. The van der Waals surface area contributed by atoms with Gasteiger partial charge in [-0.2, -0.15) is 5.10 Å². The Kier molecular flexibility index (Phi) is 3.11. The van der Waals surface area contributed by atoms with Crippen molar-refractivity contribution in [1.29, 1.82) is 0 Å². The Bertz CT molecular complexity index is 663. The molecular formula is C18H23N3. The molecule has 2 aliphatic carbocycles. The van der Waals surface area contributed by atoms with Crippen LogP contribution in [0.4, 0.5) is 0 Å². The van der Waals surface area contributed by atoms with Crippen molar-refractivity contribution in [2.24, 2.45) is 0 Å². The quantitative estimate of drug-likeness (QED) is 0.907. The summed E-state index contributed by atoms with van der Waals surface area (Å²) in [7, 11) is 0. The lowest BCUT2D eigenvalue weighted by Gasteiger charge is -2.12. The molecule has 0 bridgehead atoms. The van der Waals surface area contributed by atoms with Crippen molar-refractivity contribution in [2.45, 2.75) is 58.0 Å². The number of aromatic nitrogens is 2. The van der Waals surface area contributed by atoms with Crippen molar-refractivity contribution in [3.63, 3.8) is 0 Å². The summed E-state index contributed by atoms with van der Waals surface area (Å²) in [5.41, 5.74) is 6.68. The highest BCUT2D eigenvalue weighted by Crippen LogP contribution is 2.42. The SMILES string of the molecule is Cc1ccc(C)c(-n2ncc(CNC3CC3)c2C2CC2)c1. The number of hydrogen-bond acceptors (Lipinski definition) is 2. The zero-order valence-corrected chi connectivity index (χ0v) is 12.9. The number of nitrogens with one attached hydrogen (secondary N) is 1. The highest BCUT2D eigenvalue weighted by molar-refractivity contribution is 5.45. The summed E-state index contributed by atoms with van der Waals surface area (Å²) in [5.74, 6) is 0.711. The zero-order chi connectivity index (χ0) is 14.4. The average molecular weight is 281 g/mol. The minimum absolute atomic E-state index is 0.711. The summed E-state index contributed by atoms with van der Waals surface area (Å²) in [6, 6.07) is 7.38. The van der Waals surface area contributed by atoms with E-state index in [1.165, 1.54) is 53.8 Å². The molecule has 2 fully saturated rings. The molecule has 2 aromatic rings. The second-order valence-electron chi connectivity index (χ2n) is 6.69. The summed E-state index contributed by atoms with van der Waals surface area (Å²) < 4.78 is 2.20. The van der Waals surface area contributed by atoms with E-state index in [1.807, 2.05) is 0 Å². The van der Waals surface area contributed by atoms with Crippen LogP contribution in [0.1, 0.15) is 54.0 Å². The van der Waals surface area contributed by atoms with Gasteiger partial charge in [-0.1, -0.05) is 12.1 Å². The molecule has 110 valence electrons. The van der Waals surface area contributed by atoms with Crippen LogP contribution in [0.5, 0.6) is 0 Å². The van der Waals surface area contributed by atoms with Crippen LogP contribution >= 0.6 is 0 Å². The van der Waals surface area contributed by atoms with E-state index in [1.54, 1.807) is 0 Å². The van der Waals surface area contributed by atoms with Crippen LogP contribution in [0, 0.1) is 13.8 Å². The van der Waals surface area contributed by atoms with E-state index < -0.39 is 0 Å². The van der Waals surface area contributed by atoms with Gasteiger partial charge in [0.05, 0.1) is 17.6 Å². The number of rotatable bonds is 5. The molecule has 1 N–H and O–H groups in total. The molecule has 2 saturated carbocycles. The van der Waals surface area contributed by atoms with Gasteiger partial charge in [0.2, 0.25) is 0 Å². The zero-order valence-electron chi connectivity index (χ0n) is 12.9. The van der Waals surface area contributed by atoms with Gasteiger partial charge in [-0.25, -0.2) is 4.68 Å². The molecule has 0 spiro atoms. The normalized spacial score (nSPS) is 18.2.